The first kappa shape index (κ1) is 55.3. The van der Waals surface area contributed by atoms with E-state index in [1.54, 1.807) is 26.0 Å². The molecule has 25 nitrogen and oxygen atoms in total. The highest BCUT2D eigenvalue weighted by molar-refractivity contribution is 7.99. The minimum absolute atomic E-state index is 0.00189. The van der Waals surface area contributed by atoms with Gasteiger partial charge in [-0.2, -0.15) is 44.0 Å². The fourth-order valence-corrected chi connectivity index (χ4v) is 11.9. The van der Waals surface area contributed by atoms with Crippen molar-refractivity contribution >= 4 is 135 Å². The summed E-state index contributed by atoms with van der Waals surface area (Å²) in [7, 11) is -18.3. The van der Waals surface area contributed by atoms with Crippen LogP contribution in [0.5, 0.6) is 11.6 Å². The van der Waals surface area contributed by atoms with Gasteiger partial charge in [0.1, 0.15) is 33.5 Å². The van der Waals surface area contributed by atoms with Gasteiger partial charge in [0.25, 0.3) is 40.5 Å². The Balaban J connectivity index is 1.18. The van der Waals surface area contributed by atoms with Crippen molar-refractivity contribution in [1.29, 1.82) is 5.26 Å². The first-order chi connectivity index (χ1) is 35.7. The third-order valence-corrected chi connectivity index (χ3v) is 16.7. The molecule has 5 aromatic carbocycles. The number of nitrogens with zero attached hydrogens (tertiary/aromatic N) is 10. The molecule has 0 spiro atoms. The van der Waals surface area contributed by atoms with Crippen molar-refractivity contribution in [2.24, 2.45) is 30.7 Å². The van der Waals surface area contributed by atoms with Crippen LogP contribution in [0.25, 0.3) is 37.7 Å². The zero-order valence-corrected chi connectivity index (χ0v) is 44.5. The number of aromatic hydroxyl groups is 1. The highest BCUT2D eigenvalue weighted by Gasteiger charge is 2.24. The number of benzene rings is 5. The Morgan fingerprint density at radius 1 is 0.750 bits per heavy atom. The third kappa shape index (κ3) is 12.3. The van der Waals surface area contributed by atoms with Crippen LogP contribution in [0.1, 0.15) is 40.7 Å². The van der Waals surface area contributed by atoms with Crippen molar-refractivity contribution in [3.05, 3.63) is 94.5 Å². The molecule has 0 aliphatic carbocycles. The number of imidazole rings is 1. The molecule has 3 aromatic heterocycles. The maximum Gasteiger partial charge on any atom is 0.296 e. The van der Waals surface area contributed by atoms with Gasteiger partial charge in [0.05, 0.1) is 62.4 Å². The molecule has 6 N–H and O–H groups in total. The molecule has 0 amide bonds. The summed E-state index contributed by atoms with van der Waals surface area (Å²) in [6, 6.07) is 17.7. The highest BCUT2D eigenvalue weighted by Crippen LogP contribution is 2.44. The molecule has 76 heavy (non-hydrogen) atoms. The summed E-state index contributed by atoms with van der Waals surface area (Å²) in [5.41, 5.74) is 3.11. The molecule has 31 heteroatoms. The summed E-state index contributed by atoms with van der Waals surface area (Å²) in [6.07, 6.45) is -0.177. The zero-order valence-electron chi connectivity index (χ0n) is 39.6. The van der Waals surface area contributed by atoms with Crippen LogP contribution < -0.4 is 4.74 Å². The van der Waals surface area contributed by atoms with Gasteiger partial charge in [-0.15, -0.1) is 37.3 Å². The van der Waals surface area contributed by atoms with Crippen molar-refractivity contribution in [3.8, 4) is 17.7 Å². The van der Waals surface area contributed by atoms with Crippen molar-refractivity contribution in [2.45, 2.75) is 54.9 Å². The summed E-state index contributed by atoms with van der Waals surface area (Å²) in [5, 5.41) is 58.5. The van der Waals surface area contributed by atoms with Gasteiger partial charge in [-0.1, -0.05) is 23.5 Å². The Morgan fingerprint density at radius 3 is 2.13 bits per heavy atom. The molecule has 0 radical (unpaired) electrons. The number of nitriles is 1. The molecule has 0 unspecified atom stereocenters. The molecular formula is C45H40N10O15S6. The van der Waals surface area contributed by atoms with E-state index >= 15 is 0 Å². The molecule has 8 rings (SSSR count). The number of pyridine rings is 1. The average molecular weight is 1150 g/mol. The Hall–Kier alpha value is -6.96. The fourth-order valence-electron chi connectivity index (χ4n) is 7.64. The van der Waals surface area contributed by atoms with Crippen molar-refractivity contribution in [1.82, 2.24) is 14.4 Å². The topological polar surface area (TPSA) is 395 Å². The number of hydrogen-bond acceptors (Lipinski definition) is 22. The minimum Gasteiger partial charge on any atom is -0.493 e. The number of aliphatic hydroxyl groups is 1. The van der Waals surface area contributed by atoms with E-state index in [4.69, 9.17) is 4.74 Å². The van der Waals surface area contributed by atoms with E-state index in [-0.39, 0.29) is 114 Å². The van der Waals surface area contributed by atoms with E-state index in [0.29, 0.717) is 21.5 Å². The second-order valence-corrected chi connectivity index (χ2v) is 24.8. The minimum atomic E-state index is -4.90. The Kier molecular flexibility index (Phi) is 15.7. The van der Waals surface area contributed by atoms with Gasteiger partial charge < -0.3 is 14.9 Å². The lowest BCUT2D eigenvalue weighted by Gasteiger charge is -2.12. The van der Waals surface area contributed by atoms with Gasteiger partial charge in [0.2, 0.25) is 11.0 Å². The molecule has 0 atom stereocenters. The molecule has 0 fully saturated rings. The monoisotopic (exact) mass is 1150 g/mol. The van der Waals surface area contributed by atoms with E-state index in [1.165, 1.54) is 34.7 Å². The average Bonchev–Trinajstić information content (AvgIpc) is 3.99. The van der Waals surface area contributed by atoms with Crippen LogP contribution >= 0.6 is 23.1 Å². The van der Waals surface area contributed by atoms with E-state index in [2.05, 4.69) is 46.7 Å². The molecule has 0 aliphatic rings. The fraction of sp³-hybridized carbons (Fsp3) is 0.222. The van der Waals surface area contributed by atoms with Crippen LogP contribution in [0, 0.1) is 32.1 Å². The van der Waals surface area contributed by atoms with Crippen LogP contribution in [0.4, 0.5) is 33.6 Å². The molecule has 0 bridgehead atoms. The molecule has 8 aromatic rings. The molecular weight excluding hydrogens is 1110 g/mol. The van der Waals surface area contributed by atoms with Crippen LogP contribution in [-0.2, 0) is 47.1 Å². The summed E-state index contributed by atoms with van der Waals surface area (Å²) in [4.78, 5) is 7.99. The number of aliphatic hydroxyl groups excluding tert-OH is 1. The summed E-state index contributed by atoms with van der Waals surface area (Å²) in [6.45, 7) is 4.18. The summed E-state index contributed by atoms with van der Waals surface area (Å²) >= 11 is 1.84. The largest absolute Gasteiger partial charge is 0.493 e. The Bertz CT molecular complexity index is 4310. The number of azo groups is 3. The maximum atomic E-state index is 12.5. The van der Waals surface area contributed by atoms with Gasteiger partial charge in [-0.25, -0.2) is 9.97 Å². The van der Waals surface area contributed by atoms with Gasteiger partial charge in [-0.05, 0) is 104 Å². The lowest BCUT2D eigenvalue weighted by molar-refractivity contribution is 0.282. The number of aromatic nitrogens is 3. The Morgan fingerprint density at radius 2 is 1.45 bits per heavy atom. The number of thioether (sulfide) groups is 1. The molecule has 0 saturated heterocycles. The van der Waals surface area contributed by atoms with E-state index in [9.17, 15) is 67.4 Å². The van der Waals surface area contributed by atoms with Gasteiger partial charge >= 0.3 is 0 Å². The van der Waals surface area contributed by atoms with Crippen molar-refractivity contribution in [3.63, 3.8) is 0 Å². The maximum absolute atomic E-state index is 12.5. The predicted octanol–water partition coefficient (Wildman–Crippen LogP) is 10.0. The second kappa shape index (κ2) is 21.6. The zero-order chi connectivity index (χ0) is 55.1. The number of fused-ring (bicyclic) bond motifs is 6. The lowest BCUT2D eigenvalue weighted by Crippen LogP contribution is -2.08. The number of ether oxygens (including phenoxy) is 1. The van der Waals surface area contributed by atoms with Crippen LogP contribution in [0.15, 0.2) is 112 Å². The van der Waals surface area contributed by atoms with Gasteiger partial charge in [-0.3, -0.25) is 22.6 Å². The normalized spacial score (nSPS) is 12.9. The summed E-state index contributed by atoms with van der Waals surface area (Å²) < 4.78 is 141. The summed E-state index contributed by atoms with van der Waals surface area (Å²) in [5.74, 6) is -1.48. The molecule has 396 valence electrons. The first-order valence-corrected chi connectivity index (χ1v) is 29.8. The smallest absolute Gasteiger partial charge is 0.296 e. The predicted molar refractivity (Wildman–Crippen MR) is 280 cm³/mol. The SMILES string of the molecule is Cc1ccc2c(c1)nc1c(C#N)c(C)c(N=Nc3cc(C)c(N=Nc4cc(CO)c(N=Nc5nc6c(S(=O)(=O)O)cc7ccc(S(=O)(=O)O)cc7c6s5)cc4SCCCS(=O)(=O)O)cc3OCCCS(=O)(=O)O)c(O)n12. The van der Waals surface area contributed by atoms with Crippen molar-refractivity contribution < 1.29 is 66.8 Å². The number of hydrogen-bond donors (Lipinski definition) is 6. The van der Waals surface area contributed by atoms with E-state index < -0.39 is 68.4 Å². The van der Waals surface area contributed by atoms with E-state index in [0.717, 1.165) is 46.9 Å². The van der Waals surface area contributed by atoms with Crippen LogP contribution in [-0.4, -0.2) is 100 Å². The van der Waals surface area contributed by atoms with Crippen LogP contribution in [0.2, 0.25) is 0 Å². The van der Waals surface area contributed by atoms with Gasteiger partial charge in [0.15, 0.2) is 11.3 Å². The Labute approximate surface area is 440 Å². The number of rotatable bonds is 19. The number of thiazole rings is 1. The third-order valence-electron chi connectivity index (χ3n) is 11.3. The van der Waals surface area contributed by atoms with Gasteiger partial charge in [0, 0.05) is 27.5 Å². The molecule has 3 heterocycles. The quantitative estimate of drug-likeness (QED) is 0.0190. The number of aryl methyl sites for hydroxylation is 2. The van der Waals surface area contributed by atoms with Crippen LogP contribution in [0.3, 0.4) is 0 Å². The standard InChI is InChI=1S/C45H40N10O15S6/c1-23-6-9-36-33(14-23)47-43-30(21-46)25(3)40(44(57)55(36)43)53-51-34-15-24(2)31(19-37(34)70-10-4-12-73(58,59)60)49-52-35-16-27(22-56)32(20-38(35)71-11-5-13-74(61,62)63)50-54-45-48-41-39(76(67,68)69)17-26-7-8-28(75(64,65)66)18-29(26)42(41)72-45/h6-9,14-20,56-57H,4-5,10-13,22H2,1-3H3,(H,58,59,60)(H,61,62,63)(H,64,65,66)(H,67,68,69). The van der Waals surface area contributed by atoms with Crippen molar-refractivity contribution in [2.75, 3.05) is 23.9 Å². The molecule has 0 aliphatic heterocycles. The first-order valence-electron chi connectivity index (χ1n) is 21.9. The highest BCUT2D eigenvalue weighted by atomic mass is 32.2. The lowest BCUT2D eigenvalue weighted by atomic mass is 10.1. The second-order valence-electron chi connectivity index (χ2n) is 16.7. The van der Waals surface area contributed by atoms with E-state index in [1.807, 2.05) is 13.0 Å². The molecule has 0 saturated carbocycles.